The van der Waals surface area contributed by atoms with E-state index in [-0.39, 0.29) is 17.9 Å². The van der Waals surface area contributed by atoms with Gasteiger partial charge in [-0.3, -0.25) is 14.0 Å². The predicted octanol–water partition coefficient (Wildman–Crippen LogP) is 5.19. The number of imidazole rings is 1. The fourth-order valence-corrected chi connectivity index (χ4v) is 4.13. The van der Waals surface area contributed by atoms with Crippen LogP contribution in [0, 0.1) is 11.3 Å². The molecule has 0 saturated heterocycles. The summed E-state index contributed by atoms with van der Waals surface area (Å²) in [7, 11) is 0. The van der Waals surface area contributed by atoms with Gasteiger partial charge in [0, 0.05) is 17.3 Å². The molecule has 7 nitrogen and oxygen atoms in total. The van der Waals surface area contributed by atoms with Crippen molar-refractivity contribution in [2.24, 2.45) is 0 Å². The van der Waals surface area contributed by atoms with Gasteiger partial charge in [-0.25, -0.2) is 9.88 Å². The number of benzene rings is 2. The third-order valence-electron chi connectivity index (χ3n) is 5.62. The molecule has 1 aliphatic rings. The van der Waals surface area contributed by atoms with E-state index in [4.69, 9.17) is 16.3 Å². The molecule has 0 spiro atoms. The number of hydrogen-bond donors (Lipinski definition) is 0. The third kappa shape index (κ3) is 3.41. The molecule has 1 atom stereocenters. The molecule has 0 bridgehead atoms. The highest BCUT2D eigenvalue weighted by molar-refractivity contribution is 6.34. The second-order valence-corrected chi connectivity index (χ2v) is 8.00. The van der Waals surface area contributed by atoms with E-state index < -0.39 is 0 Å². The maximum atomic E-state index is 12.9. The van der Waals surface area contributed by atoms with E-state index in [9.17, 15) is 14.9 Å². The van der Waals surface area contributed by atoms with Gasteiger partial charge in [0.15, 0.2) is 0 Å². The summed E-state index contributed by atoms with van der Waals surface area (Å²) < 4.78 is 7.81. The number of aromatic nitrogens is 2. The second-order valence-electron chi connectivity index (χ2n) is 7.56. The highest BCUT2D eigenvalue weighted by Crippen LogP contribution is 2.32. The summed E-state index contributed by atoms with van der Waals surface area (Å²) in [6, 6.07) is 17.4. The van der Waals surface area contributed by atoms with E-state index in [2.05, 4.69) is 11.1 Å². The average Bonchev–Trinajstić information content (AvgIpc) is 3.35. The molecule has 2 aromatic heterocycles. The Morgan fingerprint density at radius 2 is 1.82 bits per heavy atom. The van der Waals surface area contributed by atoms with Crippen LogP contribution in [-0.2, 0) is 0 Å². The number of imide groups is 1. The van der Waals surface area contributed by atoms with Crippen LogP contribution in [0.2, 0.25) is 5.02 Å². The molecule has 1 aliphatic heterocycles. The van der Waals surface area contributed by atoms with Crippen molar-refractivity contribution in [1.29, 1.82) is 5.26 Å². The maximum absolute atomic E-state index is 12.9. The molecule has 0 N–H and O–H groups in total. The summed E-state index contributed by atoms with van der Waals surface area (Å²) in [5, 5.41) is 9.86. The smallest absolute Gasteiger partial charge is 0.267 e. The number of carbonyl (C=O) groups excluding carboxylic acids is 2. The largest absolute Gasteiger partial charge is 0.484 e. The van der Waals surface area contributed by atoms with Crippen LogP contribution in [0.15, 0.2) is 67.0 Å². The lowest BCUT2D eigenvalue weighted by molar-refractivity contribution is 0.0924. The maximum Gasteiger partial charge on any atom is 0.267 e. The first kappa shape index (κ1) is 20.7. The summed E-state index contributed by atoms with van der Waals surface area (Å²) in [6.07, 6.45) is 3.55. The molecule has 2 amide bonds. The molecular weight excluding hydrogens is 440 g/mol. The van der Waals surface area contributed by atoms with Crippen molar-refractivity contribution >= 4 is 34.9 Å². The van der Waals surface area contributed by atoms with Crippen LogP contribution in [0.5, 0.6) is 5.75 Å². The highest BCUT2D eigenvalue weighted by Gasteiger charge is 2.37. The molecule has 8 heteroatoms. The number of rotatable bonds is 5. The first-order valence-electron chi connectivity index (χ1n) is 10.3. The summed E-state index contributed by atoms with van der Waals surface area (Å²) in [5.74, 6) is 0.0348. The molecule has 0 aliphatic carbocycles. The molecule has 1 unspecified atom stereocenters. The minimum Gasteiger partial charge on any atom is -0.484 e. The highest BCUT2D eigenvalue weighted by atomic mass is 35.5. The van der Waals surface area contributed by atoms with E-state index in [1.54, 1.807) is 53.1 Å². The summed E-state index contributed by atoms with van der Waals surface area (Å²) >= 11 is 6.08. The number of halogens is 1. The van der Waals surface area contributed by atoms with Crippen LogP contribution in [0.1, 0.15) is 51.3 Å². The molecule has 3 heterocycles. The van der Waals surface area contributed by atoms with E-state index in [1.807, 2.05) is 19.1 Å². The van der Waals surface area contributed by atoms with Crippen molar-refractivity contribution in [2.75, 3.05) is 4.90 Å². The molecule has 5 rings (SSSR count). The fraction of sp³-hybridized carbons (Fsp3) is 0.120. The Balaban J connectivity index is 1.49. The van der Waals surface area contributed by atoms with E-state index in [0.29, 0.717) is 45.3 Å². The lowest BCUT2D eigenvalue weighted by Gasteiger charge is -2.19. The molecule has 33 heavy (non-hydrogen) atoms. The van der Waals surface area contributed by atoms with E-state index in [0.717, 1.165) is 10.5 Å². The zero-order valence-electron chi connectivity index (χ0n) is 17.5. The van der Waals surface area contributed by atoms with Crippen molar-refractivity contribution in [2.45, 2.75) is 19.4 Å². The number of nitriles is 1. The second kappa shape index (κ2) is 8.08. The van der Waals surface area contributed by atoms with Gasteiger partial charge in [-0.15, -0.1) is 0 Å². The molecule has 4 aromatic rings. The van der Waals surface area contributed by atoms with Crippen LogP contribution < -0.4 is 9.64 Å². The van der Waals surface area contributed by atoms with Crippen molar-refractivity contribution < 1.29 is 14.3 Å². The van der Waals surface area contributed by atoms with Gasteiger partial charge in [0.25, 0.3) is 11.8 Å². The normalized spacial score (nSPS) is 13.8. The lowest BCUT2D eigenvalue weighted by Crippen LogP contribution is -2.30. The lowest BCUT2D eigenvalue weighted by atomic mass is 10.1. The number of hydrogen-bond acceptors (Lipinski definition) is 5. The number of anilines is 1. The standard InChI is InChI=1S/C25H17ClN4O3/c1-2-20(33-21-12-17(26)8-7-16(21)13-27)15-9-10-29-22(11-15)28-14-23(29)30-24(31)18-5-3-4-6-19(18)25(30)32/h3-12,14,20H,2H2,1H3. The van der Waals surface area contributed by atoms with Gasteiger partial charge >= 0.3 is 0 Å². The Bertz CT molecular complexity index is 1440. The van der Waals surface area contributed by atoms with Crippen LogP contribution in [0.3, 0.4) is 0 Å². The van der Waals surface area contributed by atoms with Gasteiger partial charge in [-0.05, 0) is 48.4 Å². The van der Waals surface area contributed by atoms with Crippen LogP contribution in [0.25, 0.3) is 5.65 Å². The monoisotopic (exact) mass is 456 g/mol. The van der Waals surface area contributed by atoms with Gasteiger partial charge in [0.2, 0.25) is 0 Å². The molecule has 0 radical (unpaired) electrons. The molecule has 2 aromatic carbocycles. The Morgan fingerprint density at radius 1 is 1.09 bits per heavy atom. The van der Waals surface area contributed by atoms with Gasteiger partial charge < -0.3 is 4.74 Å². The van der Waals surface area contributed by atoms with Gasteiger partial charge in [-0.1, -0.05) is 30.7 Å². The van der Waals surface area contributed by atoms with Crippen LogP contribution >= 0.6 is 11.6 Å². The Morgan fingerprint density at radius 3 is 2.48 bits per heavy atom. The minimum atomic E-state index is -0.374. The molecule has 0 saturated carbocycles. The van der Waals surface area contributed by atoms with Gasteiger partial charge in [0.1, 0.15) is 29.4 Å². The molecule has 0 fully saturated rings. The number of pyridine rings is 1. The first-order valence-corrected chi connectivity index (χ1v) is 10.7. The van der Waals surface area contributed by atoms with Crippen LogP contribution in [0.4, 0.5) is 5.82 Å². The van der Waals surface area contributed by atoms with Crippen LogP contribution in [-0.4, -0.2) is 21.2 Å². The number of ether oxygens (including phenoxy) is 1. The predicted molar refractivity (Wildman–Crippen MR) is 123 cm³/mol. The van der Waals surface area contributed by atoms with E-state index >= 15 is 0 Å². The van der Waals surface area contributed by atoms with Crippen molar-refractivity contribution in [3.05, 3.63) is 94.3 Å². The summed E-state index contributed by atoms with van der Waals surface area (Å²) in [5.41, 5.74) is 2.56. The molecular formula is C25H17ClN4O3. The fourth-order valence-electron chi connectivity index (χ4n) is 3.97. The van der Waals surface area contributed by atoms with Crippen molar-refractivity contribution in [3.63, 3.8) is 0 Å². The van der Waals surface area contributed by atoms with Crippen molar-refractivity contribution in [1.82, 2.24) is 9.38 Å². The summed E-state index contributed by atoms with van der Waals surface area (Å²) in [4.78, 5) is 31.3. The average molecular weight is 457 g/mol. The van der Waals surface area contributed by atoms with Gasteiger partial charge in [0.05, 0.1) is 22.9 Å². The number of carbonyl (C=O) groups is 2. The van der Waals surface area contributed by atoms with E-state index in [1.165, 1.54) is 6.20 Å². The number of fused-ring (bicyclic) bond motifs is 2. The van der Waals surface area contributed by atoms with Gasteiger partial charge in [-0.2, -0.15) is 5.26 Å². The zero-order valence-corrected chi connectivity index (χ0v) is 18.3. The third-order valence-corrected chi connectivity index (χ3v) is 5.85. The first-order chi connectivity index (χ1) is 16.0. The summed E-state index contributed by atoms with van der Waals surface area (Å²) in [6.45, 7) is 1.97. The quantitative estimate of drug-likeness (QED) is 0.385. The Kier molecular flexibility index (Phi) is 5.08. The Hall–Kier alpha value is -4.15. The Labute approximate surface area is 194 Å². The SMILES string of the molecule is CCC(Oc1cc(Cl)ccc1C#N)c1ccn2c(N3C(=O)c4ccccc4C3=O)cnc2c1. The van der Waals surface area contributed by atoms with Crippen molar-refractivity contribution in [3.8, 4) is 11.8 Å². The number of amides is 2. The topological polar surface area (TPSA) is 87.7 Å². The minimum absolute atomic E-state index is 0.347. The zero-order chi connectivity index (χ0) is 23.1. The molecule has 162 valence electrons. The number of nitrogens with zero attached hydrogens (tertiary/aromatic N) is 4.